The van der Waals surface area contributed by atoms with Crippen molar-refractivity contribution in [2.75, 3.05) is 37.6 Å². The highest BCUT2D eigenvalue weighted by atomic mass is 19.1. The number of piperazine rings is 1. The largest absolute Gasteiger partial charge is 0.366 e. The van der Waals surface area contributed by atoms with Gasteiger partial charge in [-0.1, -0.05) is 12.1 Å². The SMILES string of the molecule is CCNC(=O)N1CCN(c2ccccc2F)CC1. The number of hydrogen-bond acceptors (Lipinski definition) is 2. The first-order valence-electron chi connectivity index (χ1n) is 6.24. The summed E-state index contributed by atoms with van der Waals surface area (Å²) in [5.41, 5.74) is 0.619. The lowest BCUT2D eigenvalue weighted by atomic mass is 10.2. The van der Waals surface area contributed by atoms with Gasteiger partial charge in [-0.3, -0.25) is 0 Å². The molecule has 1 saturated heterocycles. The van der Waals surface area contributed by atoms with E-state index in [-0.39, 0.29) is 11.8 Å². The quantitative estimate of drug-likeness (QED) is 0.868. The molecule has 0 unspecified atom stereocenters. The molecule has 0 radical (unpaired) electrons. The molecule has 98 valence electrons. The standard InChI is InChI=1S/C13H18FN3O/c1-2-15-13(18)17-9-7-16(8-10-17)12-6-4-3-5-11(12)14/h3-6H,2,7-10H2,1H3,(H,15,18). The molecule has 1 N–H and O–H groups in total. The minimum atomic E-state index is -0.205. The number of nitrogens with zero attached hydrogens (tertiary/aromatic N) is 2. The Hall–Kier alpha value is -1.78. The zero-order chi connectivity index (χ0) is 13.0. The molecule has 1 aromatic carbocycles. The van der Waals surface area contributed by atoms with Crippen LogP contribution in [0.15, 0.2) is 24.3 Å². The molecule has 2 rings (SSSR count). The third-order valence-electron chi connectivity index (χ3n) is 3.09. The fraction of sp³-hybridized carbons (Fsp3) is 0.462. The summed E-state index contributed by atoms with van der Waals surface area (Å²) in [5, 5.41) is 2.78. The van der Waals surface area contributed by atoms with Gasteiger partial charge in [-0.15, -0.1) is 0 Å². The molecule has 18 heavy (non-hydrogen) atoms. The van der Waals surface area contributed by atoms with E-state index >= 15 is 0 Å². The van der Waals surface area contributed by atoms with Crippen LogP contribution in [0.5, 0.6) is 0 Å². The van der Waals surface area contributed by atoms with Gasteiger partial charge in [0, 0.05) is 32.7 Å². The van der Waals surface area contributed by atoms with E-state index in [2.05, 4.69) is 5.32 Å². The molecule has 0 atom stereocenters. The van der Waals surface area contributed by atoms with Gasteiger partial charge in [-0.25, -0.2) is 9.18 Å². The van der Waals surface area contributed by atoms with Crippen LogP contribution in [0.3, 0.4) is 0 Å². The zero-order valence-electron chi connectivity index (χ0n) is 10.5. The molecule has 4 nitrogen and oxygen atoms in total. The number of amides is 2. The smallest absolute Gasteiger partial charge is 0.317 e. The summed E-state index contributed by atoms with van der Waals surface area (Å²) in [6, 6.07) is 6.71. The molecule has 1 fully saturated rings. The summed E-state index contributed by atoms with van der Waals surface area (Å²) in [6.45, 7) is 5.11. The highest BCUT2D eigenvalue weighted by Gasteiger charge is 2.21. The van der Waals surface area contributed by atoms with Crippen molar-refractivity contribution in [1.82, 2.24) is 10.2 Å². The molecule has 1 heterocycles. The van der Waals surface area contributed by atoms with Gasteiger partial charge in [0.1, 0.15) is 5.82 Å². The molecule has 0 aliphatic carbocycles. The zero-order valence-corrected chi connectivity index (χ0v) is 10.5. The summed E-state index contributed by atoms with van der Waals surface area (Å²) in [5.74, 6) is -0.205. The number of para-hydroxylation sites is 1. The first-order valence-corrected chi connectivity index (χ1v) is 6.24. The first-order chi connectivity index (χ1) is 8.72. The highest BCUT2D eigenvalue weighted by Crippen LogP contribution is 2.19. The predicted octanol–water partition coefficient (Wildman–Crippen LogP) is 1.68. The van der Waals surface area contributed by atoms with Gasteiger partial charge in [-0.05, 0) is 19.1 Å². The van der Waals surface area contributed by atoms with Crippen LogP contribution in [0.1, 0.15) is 6.92 Å². The van der Waals surface area contributed by atoms with Crippen molar-refractivity contribution < 1.29 is 9.18 Å². The van der Waals surface area contributed by atoms with E-state index in [1.807, 2.05) is 17.9 Å². The molecule has 1 aromatic rings. The molecule has 0 saturated carbocycles. The molecular formula is C13H18FN3O. The van der Waals surface area contributed by atoms with Crippen molar-refractivity contribution in [3.05, 3.63) is 30.1 Å². The fourth-order valence-electron chi connectivity index (χ4n) is 2.12. The Morgan fingerprint density at radius 1 is 1.28 bits per heavy atom. The third kappa shape index (κ3) is 2.72. The average Bonchev–Trinajstić information content (AvgIpc) is 2.40. The van der Waals surface area contributed by atoms with Gasteiger partial charge >= 0.3 is 6.03 Å². The van der Waals surface area contributed by atoms with Crippen LogP contribution < -0.4 is 10.2 Å². The van der Waals surface area contributed by atoms with Crippen LogP contribution in [0.2, 0.25) is 0 Å². The topological polar surface area (TPSA) is 35.6 Å². The van der Waals surface area contributed by atoms with E-state index in [1.54, 1.807) is 17.0 Å². The Kier molecular flexibility index (Phi) is 4.02. The highest BCUT2D eigenvalue weighted by molar-refractivity contribution is 5.74. The van der Waals surface area contributed by atoms with Crippen molar-refractivity contribution in [2.24, 2.45) is 0 Å². The lowest BCUT2D eigenvalue weighted by molar-refractivity contribution is 0.195. The Labute approximate surface area is 106 Å². The van der Waals surface area contributed by atoms with Crippen LogP contribution in [0.4, 0.5) is 14.9 Å². The van der Waals surface area contributed by atoms with Gasteiger partial charge in [0.05, 0.1) is 5.69 Å². The minimum absolute atomic E-state index is 0.0364. The number of hydrogen-bond donors (Lipinski definition) is 1. The van der Waals surface area contributed by atoms with Crippen molar-refractivity contribution in [3.8, 4) is 0 Å². The second kappa shape index (κ2) is 5.71. The molecule has 2 amide bonds. The van der Waals surface area contributed by atoms with Gasteiger partial charge in [-0.2, -0.15) is 0 Å². The molecule has 1 aliphatic heterocycles. The van der Waals surface area contributed by atoms with E-state index in [1.165, 1.54) is 6.07 Å². The van der Waals surface area contributed by atoms with Crippen LogP contribution in [-0.4, -0.2) is 43.7 Å². The fourth-order valence-corrected chi connectivity index (χ4v) is 2.12. The van der Waals surface area contributed by atoms with Gasteiger partial charge in [0.15, 0.2) is 0 Å². The van der Waals surface area contributed by atoms with Crippen molar-refractivity contribution in [1.29, 1.82) is 0 Å². The summed E-state index contributed by atoms with van der Waals surface area (Å²) in [6.07, 6.45) is 0. The Morgan fingerprint density at radius 2 is 1.94 bits per heavy atom. The number of anilines is 1. The lowest BCUT2D eigenvalue weighted by Crippen LogP contribution is -2.52. The van der Waals surface area contributed by atoms with Crippen molar-refractivity contribution in [3.63, 3.8) is 0 Å². The number of carbonyl (C=O) groups excluding carboxylic acids is 1. The first kappa shape index (κ1) is 12.7. The second-order valence-corrected chi connectivity index (χ2v) is 4.26. The number of nitrogens with one attached hydrogen (secondary N) is 1. The Bertz CT molecular complexity index is 416. The third-order valence-corrected chi connectivity index (χ3v) is 3.09. The number of carbonyl (C=O) groups is 1. The van der Waals surface area contributed by atoms with Crippen LogP contribution >= 0.6 is 0 Å². The summed E-state index contributed by atoms with van der Waals surface area (Å²) < 4.78 is 13.6. The number of halogens is 1. The normalized spacial score (nSPS) is 15.7. The molecule has 5 heteroatoms. The lowest BCUT2D eigenvalue weighted by Gasteiger charge is -2.36. The van der Waals surface area contributed by atoms with Crippen LogP contribution in [-0.2, 0) is 0 Å². The molecule has 0 bridgehead atoms. The van der Waals surface area contributed by atoms with Crippen LogP contribution in [0, 0.1) is 5.82 Å². The summed E-state index contributed by atoms with van der Waals surface area (Å²) in [7, 11) is 0. The van der Waals surface area contributed by atoms with Gasteiger partial charge < -0.3 is 15.1 Å². The summed E-state index contributed by atoms with van der Waals surface area (Å²) >= 11 is 0. The van der Waals surface area contributed by atoms with E-state index in [0.717, 1.165) is 0 Å². The van der Waals surface area contributed by atoms with E-state index in [9.17, 15) is 9.18 Å². The van der Waals surface area contributed by atoms with Gasteiger partial charge in [0.25, 0.3) is 0 Å². The van der Waals surface area contributed by atoms with Crippen molar-refractivity contribution >= 4 is 11.7 Å². The van der Waals surface area contributed by atoms with Crippen molar-refractivity contribution in [2.45, 2.75) is 6.92 Å². The summed E-state index contributed by atoms with van der Waals surface area (Å²) in [4.78, 5) is 15.4. The predicted molar refractivity (Wildman–Crippen MR) is 69.3 cm³/mol. The average molecular weight is 251 g/mol. The second-order valence-electron chi connectivity index (χ2n) is 4.26. The van der Waals surface area contributed by atoms with E-state index < -0.39 is 0 Å². The molecule has 0 aromatic heterocycles. The molecule has 1 aliphatic rings. The maximum Gasteiger partial charge on any atom is 0.317 e. The minimum Gasteiger partial charge on any atom is -0.366 e. The van der Waals surface area contributed by atoms with Crippen LogP contribution in [0.25, 0.3) is 0 Å². The molecule has 0 spiro atoms. The monoisotopic (exact) mass is 251 g/mol. The van der Waals surface area contributed by atoms with Gasteiger partial charge in [0.2, 0.25) is 0 Å². The maximum atomic E-state index is 13.6. The Balaban J connectivity index is 1.95. The Morgan fingerprint density at radius 3 is 2.56 bits per heavy atom. The number of urea groups is 1. The molecular weight excluding hydrogens is 233 g/mol. The van der Waals surface area contributed by atoms with E-state index in [4.69, 9.17) is 0 Å². The van der Waals surface area contributed by atoms with E-state index in [0.29, 0.717) is 38.4 Å². The number of rotatable bonds is 2. The maximum absolute atomic E-state index is 13.6. The number of benzene rings is 1.